The van der Waals surface area contributed by atoms with Crippen LogP contribution in [0.25, 0.3) is 0 Å². The minimum atomic E-state index is -0.525. The first kappa shape index (κ1) is 13.4. The van der Waals surface area contributed by atoms with Gasteiger partial charge in [0.15, 0.2) is 0 Å². The lowest BCUT2D eigenvalue weighted by Crippen LogP contribution is -2.15. The molecule has 0 rings (SSSR count). The van der Waals surface area contributed by atoms with E-state index in [0.717, 1.165) is 12.5 Å². The van der Waals surface area contributed by atoms with Gasteiger partial charge in [-0.25, -0.2) is 0 Å². The molecule has 0 spiro atoms. The van der Waals surface area contributed by atoms with Crippen LogP contribution in [0.1, 0.15) is 27.2 Å². The molecule has 14 heavy (non-hydrogen) atoms. The fourth-order valence-electron chi connectivity index (χ4n) is 1.15. The minimum Gasteiger partial charge on any atom is -0.466 e. The Hall–Kier alpha value is -0.573. The lowest BCUT2D eigenvalue weighted by molar-refractivity contribution is -0.140. The van der Waals surface area contributed by atoms with Gasteiger partial charge in [0.1, 0.15) is 0 Å². The van der Waals surface area contributed by atoms with E-state index in [1.54, 1.807) is 0 Å². The summed E-state index contributed by atoms with van der Waals surface area (Å²) < 4.78 is 4.91. The smallest absolute Gasteiger partial charge is 0.302 e. The molecule has 0 N–H and O–H groups in total. The zero-order chi connectivity index (χ0) is 11.0. The van der Waals surface area contributed by atoms with E-state index in [4.69, 9.17) is 4.74 Å². The van der Waals surface area contributed by atoms with Gasteiger partial charge in [-0.3, -0.25) is 4.79 Å². The number of carbonyl (C=O) groups excluding carboxylic acids is 1. The molecular weight excluding hydrogens is 192 g/mol. The summed E-state index contributed by atoms with van der Waals surface area (Å²) in [6.07, 6.45) is 3.34. The molecule has 0 saturated carbocycles. The SMILES string of the molecule is CCOC(=O)C[Si](C)CCC=C(C)C. The number of hydrogen-bond acceptors (Lipinski definition) is 2. The van der Waals surface area contributed by atoms with Crippen molar-refractivity contribution in [1.82, 2.24) is 0 Å². The van der Waals surface area contributed by atoms with Gasteiger partial charge in [-0.2, -0.15) is 0 Å². The second kappa shape index (κ2) is 7.80. The van der Waals surface area contributed by atoms with Crippen LogP contribution in [-0.4, -0.2) is 21.4 Å². The van der Waals surface area contributed by atoms with E-state index in [1.165, 1.54) is 5.57 Å². The van der Waals surface area contributed by atoms with Gasteiger partial charge in [-0.15, -0.1) is 0 Å². The quantitative estimate of drug-likeness (QED) is 0.385. The van der Waals surface area contributed by atoms with E-state index in [9.17, 15) is 4.79 Å². The molecule has 0 heterocycles. The summed E-state index contributed by atoms with van der Waals surface area (Å²) in [6, 6.07) is 1.81. The Balaban J connectivity index is 3.59. The Morgan fingerprint density at radius 1 is 1.43 bits per heavy atom. The zero-order valence-corrected chi connectivity index (χ0v) is 10.7. The Bertz CT molecular complexity index is 195. The highest BCUT2D eigenvalue weighted by Gasteiger charge is 2.10. The topological polar surface area (TPSA) is 26.3 Å². The molecule has 1 radical (unpaired) electrons. The third kappa shape index (κ3) is 8.04. The van der Waals surface area contributed by atoms with Crippen LogP contribution >= 0.6 is 0 Å². The number of esters is 1. The maximum absolute atomic E-state index is 11.1. The monoisotopic (exact) mass is 213 g/mol. The van der Waals surface area contributed by atoms with Gasteiger partial charge >= 0.3 is 5.97 Å². The van der Waals surface area contributed by atoms with Gasteiger partial charge in [0, 0.05) is 6.04 Å². The third-order valence-corrected chi connectivity index (χ3v) is 3.91. The second-order valence-corrected chi connectivity index (χ2v) is 6.53. The summed E-state index contributed by atoms with van der Waals surface area (Å²) in [5, 5.41) is 0. The molecule has 0 unspecified atom stereocenters. The van der Waals surface area contributed by atoms with Gasteiger partial charge in [0.25, 0.3) is 0 Å². The summed E-state index contributed by atoms with van der Waals surface area (Å²) in [4.78, 5) is 11.1. The molecule has 0 saturated heterocycles. The van der Waals surface area contributed by atoms with Gasteiger partial charge in [0.05, 0.1) is 15.4 Å². The van der Waals surface area contributed by atoms with Crippen LogP contribution in [0.15, 0.2) is 11.6 Å². The van der Waals surface area contributed by atoms with Crippen molar-refractivity contribution in [3.8, 4) is 0 Å². The van der Waals surface area contributed by atoms with Gasteiger partial charge in [-0.05, 0) is 27.2 Å². The fourth-order valence-corrected chi connectivity index (χ4v) is 2.56. The lowest BCUT2D eigenvalue weighted by Gasteiger charge is -2.07. The van der Waals surface area contributed by atoms with E-state index < -0.39 is 8.80 Å². The van der Waals surface area contributed by atoms with Gasteiger partial charge < -0.3 is 4.74 Å². The highest BCUT2D eigenvalue weighted by molar-refractivity contribution is 6.60. The van der Waals surface area contributed by atoms with E-state index in [0.29, 0.717) is 12.7 Å². The Labute approximate surface area is 89.0 Å². The molecule has 0 aromatic rings. The van der Waals surface area contributed by atoms with Crippen molar-refractivity contribution in [2.75, 3.05) is 6.61 Å². The van der Waals surface area contributed by atoms with E-state index in [1.807, 2.05) is 6.92 Å². The van der Waals surface area contributed by atoms with Crippen LogP contribution < -0.4 is 0 Å². The maximum Gasteiger partial charge on any atom is 0.302 e. The van der Waals surface area contributed by atoms with E-state index in [-0.39, 0.29) is 5.97 Å². The van der Waals surface area contributed by atoms with Crippen molar-refractivity contribution in [2.45, 2.75) is 45.8 Å². The van der Waals surface area contributed by atoms with Crippen molar-refractivity contribution in [1.29, 1.82) is 0 Å². The molecule has 0 atom stereocenters. The summed E-state index contributed by atoms with van der Waals surface area (Å²) in [6.45, 7) is 8.76. The van der Waals surface area contributed by atoms with E-state index >= 15 is 0 Å². The van der Waals surface area contributed by atoms with Gasteiger partial charge in [0.2, 0.25) is 0 Å². The average Bonchev–Trinajstić information content (AvgIpc) is 2.03. The minimum absolute atomic E-state index is 0.0268. The largest absolute Gasteiger partial charge is 0.466 e. The number of rotatable bonds is 6. The van der Waals surface area contributed by atoms with Crippen molar-refractivity contribution >= 4 is 14.8 Å². The van der Waals surface area contributed by atoms with E-state index in [2.05, 4.69) is 26.5 Å². The summed E-state index contributed by atoms with van der Waals surface area (Å²) in [5.74, 6) is -0.0268. The molecule has 3 heteroatoms. The molecular formula is C11H21O2Si. The summed E-state index contributed by atoms with van der Waals surface area (Å²) >= 11 is 0. The van der Waals surface area contributed by atoms with Crippen molar-refractivity contribution in [3.05, 3.63) is 11.6 Å². The average molecular weight is 213 g/mol. The molecule has 0 bridgehead atoms. The second-order valence-electron chi connectivity index (χ2n) is 3.76. The Kier molecular flexibility index (Phi) is 7.48. The summed E-state index contributed by atoms with van der Waals surface area (Å²) in [7, 11) is -0.525. The van der Waals surface area contributed by atoms with Crippen molar-refractivity contribution in [3.63, 3.8) is 0 Å². The zero-order valence-electron chi connectivity index (χ0n) is 9.72. The van der Waals surface area contributed by atoms with Crippen LogP contribution in [0.4, 0.5) is 0 Å². The first-order valence-corrected chi connectivity index (χ1v) is 7.58. The predicted molar refractivity (Wildman–Crippen MR) is 61.9 cm³/mol. The van der Waals surface area contributed by atoms with Crippen LogP contribution in [0.5, 0.6) is 0 Å². The molecule has 0 aliphatic rings. The molecule has 0 aromatic carbocycles. The van der Waals surface area contributed by atoms with Crippen LogP contribution in [0.3, 0.4) is 0 Å². The lowest BCUT2D eigenvalue weighted by atomic mass is 10.3. The predicted octanol–water partition coefficient (Wildman–Crippen LogP) is 3.03. The van der Waals surface area contributed by atoms with Crippen LogP contribution in [0, 0.1) is 0 Å². The standard InChI is InChI=1S/C11H21O2Si/c1-5-13-11(12)9-14(4)8-6-7-10(2)3/h7H,5-6,8-9H2,1-4H3. The number of allylic oxidation sites excluding steroid dienone is 2. The maximum atomic E-state index is 11.1. The molecule has 0 fully saturated rings. The number of hydrogen-bond donors (Lipinski definition) is 0. The molecule has 2 nitrogen and oxygen atoms in total. The van der Waals surface area contributed by atoms with Crippen molar-refractivity contribution < 1.29 is 9.53 Å². The highest BCUT2D eigenvalue weighted by Crippen LogP contribution is 2.06. The van der Waals surface area contributed by atoms with Gasteiger partial charge in [-0.1, -0.05) is 24.2 Å². The Morgan fingerprint density at radius 2 is 2.07 bits per heavy atom. The highest BCUT2D eigenvalue weighted by atomic mass is 28.3. The fraction of sp³-hybridized carbons (Fsp3) is 0.727. The van der Waals surface area contributed by atoms with Crippen LogP contribution in [-0.2, 0) is 9.53 Å². The normalized spacial score (nSPS) is 10.1. The number of ether oxygens (including phenoxy) is 1. The number of carbonyl (C=O) groups is 1. The third-order valence-electron chi connectivity index (χ3n) is 1.88. The molecule has 0 aliphatic carbocycles. The molecule has 0 aromatic heterocycles. The van der Waals surface area contributed by atoms with Crippen molar-refractivity contribution in [2.24, 2.45) is 0 Å². The first-order valence-electron chi connectivity index (χ1n) is 5.16. The first-order chi connectivity index (χ1) is 6.56. The van der Waals surface area contributed by atoms with Crippen LogP contribution in [0.2, 0.25) is 18.6 Å². The molecule has 81 valence electrons. The Morgan fingerprint density at radius 3 is 2.57 bits per heavy atom. The summed E-state index contributed by atoms with van der Waals surface area (Å²) in [5.41, 5.74) is 1.36. The molecule has 0 aliphatic heterocycles. The molecule has 0 amide bonds.